The van der Waals surface area contributed by atoms with Crippen molar-refractivity contribution in [2.45, 2.75) is 6.10 Å². The summed E-state index contributed by atoms with van der Waals surface area (Å²) in [6.45, 7) is 0. The largest absolute Gasteiger partial charge is 0.461 e. The fraction of sp³-hybridized carbons (Fsp3) is 0.125. The summed E-state index contributed by atoms with van der Waals surface area (Å²) < 4.78 is 5.86. The van der Waals surface area contributed by atoms with Crippen molar-refractivity contribution in [3.05, 3.63) is 52.9 Å². The van der Waals surface area contributed by atoms with Gasteiger partial charge in [0.05, 0.1) is 12.0 Å². The van der Waals surface area contributed by atoms with E-state index in [1.807, 2.05) is 0 Å². The third-order valence-corrected chi connectivity index (χ3v) is 4.40. The Hall–Kier alpha value is -2.74. The van der Waals surface area contributed by atoms with Gasteiger partial charge in [0.25, 0.3) is 5.91 Å². The highest BCUT2D eigenvalue weighted by Crippen LogP contribution is 2.34. The average molecular weight is 389 g/mol. The minimum Gasteiger partial charge on any atom is -0.461 e. The molecule has 7 nitrogen and oxygen atoms in total. The summed E-state index contributed by atoms with van der Waals surface area (Å²) in [6.07, 6.45) is 0.228. The second-order valence-electron chi connectivity index (χ2n) is 5.27. The maximum Gasteiger partial charge on any atom is 0.278 e. The number of rotatable bonds is 3. The van der Waals surface area contributed by atoms with Crippen molar-refractivity contribution in [2.75, 3.05) is 4.90 Å². The van der Waals surface area contributed by atoms with Crippen LogP contribution in [0.15, 0.2) is 56.7 Å². The number of imide groups is 1. The van der Waals surface area contributed by atoms with Crippen LogP contribution in [-0.4, -0.2) is 29.4 Å². The second-order valence-corrected chi connectivity index (χ2v) is 6.19. The predicted molar refractivity (Wildman–Crippen MR) is 85.5 cm³/mol. The Balaban J connectivity index is 1.67. The summed E-state index contributed by atoms with van der Waals surface area (Å²) in [5.74, 6) is -2.66. The first-order chi connectivity index (χ1) is 11.6. The summed E-state index contributed by atoms with van der Waals surface area (Å²) in [5, 5.41) is 3.65. The molecule has 4 rings (SSSR count). The van der Waals surface area contributed by atoms with E-state index in [1.54, 1.807) is 30.3 Å². The van der Waals surface area contributed by atoms with Gasteiger partial charge in [-0.15, -0.1) is 0 Å². The van der Waals surface area contributed by atoms with Gasteiger partial charge in [0.1, 0.15) is 11.6 Å². The molecule has 0 N–H and O–H groups in total. The quantitative estimate of drug-likeness (QED) is 0.593. The molecule has 120 valence electrons. The number of halogens is 1. The van der Waals surface area contributed by atoms with Crippen LogP contribution in [0.5, 0.6) is 0 Å². The first kappa shape index (κ1) is 14.8. The van der Waals surface area contributed by atoms with Crippen molar-refractivity contribution < 1.29 is 23.6 Å². The molecule has 1 aromatic carbocycles. The lowest BCUT2D eigenvalue weighted by Crippen LogP contribution is -2.34. The molecule has 2 aromatic rings. The molecule has 3 heterocycles. The molecular weight excluding hydrogens is 380 g/mol. The number of furan rings is 1. The number of benzene rings is 1. The molecule has 2 atom stereocenters. The number of carbonyl (C=O) groups is 3. The second kappa shape index (κ2) is 5.41. The van der Waals surface area contributed by atoms with Crippen LogP contribution in [0.4, 0.5) is 5.69 Å². The molecule has 1 saturated heterocycles. The van der Waals surface area contributed by atoms with Crippen LogP contribution < -0.4 is 4.90 Å². The molecular formula is C16H9BrN2O5. The van der Waals surface area contributed by atoms with Gasteiger partial charge in [0, 0.05) is 4.47 Å². The Kier molecular flexibility index (Phi) is 3.34. The number of hydrogen-bond donors (Lipinski definition) is 0. The van der Waals surface area contributed by atoms with Crippen molar-refractivity contribution in [3.8, 4) is 0 Å². The Bertz CT molecular complexity index is 872. The van der Waals surface area contributed by atoms with E-state index in [4.69, 9.17) is 9.25 Å². The van der Waals surface area contributed by atoms with Crippen molar-refractivity contribution in [1.82, 2.24) is 0 Å². The van der Waals surface area contributed by atoms with E-state index in [-0.39, 0.29) is 11.5 Å². The van der Waals surface area contributed by atoms with Crippen LogP contribution in [0.3, 0.4) is 0 Å². The van der Waals surface area contributed by atoms with Crippen LogP contribution in [0.25, 0.3) is 0 Å². The summed E-state index contributed by atoms with van der Waals surface area (Å²) >= 11 is 3.30. The average Bonchev–Trinajstić information content (AvgIpc) is 3.29. The number of carbonyl (C=O) groups excluding carboxylic acids is 3. The van der Waals surface area contributed by atoms with Gasteiger partial charge >= 0.3 is 0 Å². The molecule has 0 aliphatic carbocycles. The monoisotopic (exact) mass is 388 g/mol. The Morgan fingerprint density at radius 2 is 1.88 bits per heavy atom. The number of nitrogens with zero attached hydrogens (tertiary/aromatic N) is 2. The standard InChI is InChI=1S/C16H9BrN2O5/c17-8-3-5-9(6-4-8)19-15(21)11-12(18-24-14(11)16(19)22)13(20)10-2-1-7-23-10/h1-7,11,14H/t11-,14+/m0/s1. The third kappa shape index (κ3) is 2.10. The zero-order chi connectivity index (χ0) is 16.8. The van der Waals surface area contributed by atoms with Gasteiger partial charge in [0.15, 0.2) is 5.76 Å². The van der Waals surface area contributed by atoms with Crippen LogP contribution in [0.1, 0.15) is 10.6 Å². The minimum absolute atomic E-state index is 0.0420. The number of oxime groups is 1. The molecule has 2 aliphatic rings. The topological polar surface area (TPSA) is 89.2 Å². The van der Waals surface area contributed by atoms with Crippen LogP contribution in [-0.2, 0) is 14.4 Å². The normalized spacial score (nSPS) is 22.4. The van der Waals surface area contributed by atoms with Crippen molar-refractivity contribution in [1.29, 1.82) is 0 Å². The van der Waals surface area contributed by atoms with Gasteiger partial charge < -0.3 is 9.25 Å². The van der Waals surface area contributed by atoms with E-state index in [0.717, 1.165) is 9.37 Å². The zero-order valence-corrected chi connectivity index (χ0v) is 13.6. The Labute approximate surface area is 144 Å². The Morgan fingerprint density at radius 3 is 2.54 bits per heavy atom. The summed E-state index contributed by atoms with van der Waals surface area (Å²) in [4.78, 5) is 43.7. The molecule has 2 aliphatic heterocycles. The van der Waals surface area contributed by atoms with E-state index >= 15 is 0 Å². The minimum atomic E-state index is -1.12. The van der Waals surface area contributed by atoms with Gasteiger partial charge in [-0.25, -0.2) is 4.90 Å². The summed E-state index contributed by atoms with van der Waals surface area (Å²) in [7, 11) is 0. The van der Waals surface area contributed by atoms with Gasteiger partial charge in [-0.3, -0.25) is 14.4 Å². The number of anilines is 1. The van der Waals surface area contributed by atoms with E-state index in [1.165, 1.54) is 12.3 Å². The molecule has 1 aromatic heterocycles. The molecule has 8 heteroatoms. The van der Waals surface area contributed by atoms with E-state index < -0.39 is 29.6 Å². The molecule has 0 saturated carbocycles. The molecule has 0 radical (unpaired) electrons. The van der Waals surface area contributed by atoms with Crippen molar-refractivity contribution in [3.63, 3.8) is 0 Å². The molecule has 0 unspecified atom stereocenters. The fourth-order valence-electron chi connectivity index (χ4n) is 2.74. The smallest absolute Gasteiger partial charge is 0.278 e. The Morgan fingerprint density at radius 1 is 1.12 bits per heavy atom. The molecule has 1 fully saturated rings. The van der Waals surface area contributed by atoms with E-state index in [9.17, 15) is 14.4 Å². The lowest BCUT2D eigenvalue weighted by Gasteiger charge is -2.15. The zero-order valence-electron chi connectivity index (χ0n) is 12.0. The maximum absolute atomic E-state index is 12.7. The van der Waals surface area contributed by atoms with Crippen molar-refractivity contribution in [2.24, 2.45) is 11.1 Å². The van der Waals surface area contributed by atoms with Gasteiger partial charge in [0.2, 0.25) is 17.8 Å². The molecule has 24 heavy (non-hydrogen) atoms. The lowest BCUT2D eigenvalue weighted by atomic mass is 9.96. The molecule has 0 spiro atoms. The lowest BCUT2D eigenvalue weighted by molar-refractivity contribution is -0.126. The third-order valence-electron chi connectivity index (χ3n) is 3.87. The number of amides is 2. The van der Waals surface area contributed by atoms with E-state index in [0.29, 0.717) is 5.69 Å². The molecule has 2 amide bonds. The summed E-state index contributed by atoms with van der Waals surface area (Å²) in [5.41, 5.74) is 0.295. The van der Waals surface area contributed by atoms with Gasteiger partial charge in [-0.1, -0.05) is 21.1 Å². The van der Waals surface area contributed by atoms with Crippen LogP contribution in [0.2, 0.25) is 0 Å². The maximum atomic E-state index is 12.7. The molecule has 0 bridgehead atoms. The van der Waals surface area contributed by atoms with Crippen LogP contribution in [0, 0.1) is 5.92 Å². The van der Waals surface area contributed by atoms with E-state index in [2.05, 4.69) is 21.1 Å². The number of Topliss-reactive ketones (excluding diaryl/α,β-unsaturated/α-hetero) is 1. The first-order valence-corrected chi connectivity index (χ1v) is 7.82. The highest BCUT2D eigenvalue weighted by Gasteiger charge is 2.57. The van der Waals surface area contributed by atoms with Crippen molar-refractivity contribution >= 4 is 44.9 Å². The summed E-state index contributed by atoms with van der Waals surface area (Å²) in [6, 6.07) is 9.71. The number of ketones is 1. The van der Waals surface area contributed by atoms with Gasteiger partial charge in [-0.2, -0.15) is 0 Å². The SMILES string of the molecule is O=C(C1=NO[C@H]2C(=O)N(c3ccc(Br)cc3)C(=O)[C@@H]12)c1ccco1. The highest BCUT2D eigenvalue weighted by molar-refractivity contribution is 9.10. The predicted octanol–water partition coefficient (Wildman–Crippen LogP) is 2.17. The fourth-order valence-corrected chi connectivity index (χ4v) is 3.01. The highest BCUT2D eigenvalue weighted by atomic mass is 79.9. The number of fused-ring (bicyclic) bond motifs is 1. The van der Waals surface area contributed by atoms with Gasteiger partial charge in [-0.05, 0) is 36.4 Å². The first-order valence-electron chi connectivity index (χ1n) is 7.03. The number of hydrogen-bond acceptors (Lipinski definition) is 6. The van der Waals surface area contributed by atoms with Crippen LogP contribution >= 0.6 is 15.9 Å².